The quantitative estimate of drug-likeness (QED) is 0.315. The molecule has 3 aromatic rings. The van der Waals surface area contributed by atoms with Crippen LogP contribution in [-0.2, 0) is 32.6 Å². The van der Waals surface area contributed by atoms with Crippen molar-refractivity contribution in [3.63, 3.8) is 0 Å². The Morgan fingerprint density at radius 1 is 0.950 bits per heavy atom. The number of amides is 2. The van der Waals surface area contributed by atoms with Crippen molar-refractivity contribution in [2.24, 2.45) is 0 Å². The Bertz CT molecular complexity index is 1450. The highest BCUT2D eigenvalue weighted by molar-refractivity contribution is 7.92. The Kier molecular flexibility index (Phi) is 10.6. The molecule has 2 amide bonds. The minimum Gasteiger partial charge on any atom is -0.354 e. The lowest BCUT2D eigenvalue weighted by Crippen LogP contribution is -2.53. The monoisotopic (exact) mass is 567 g/mol. The zero-order chi connectivity index (χ0) is 29.3. The van der Waals surface area contributed by atoms with Crippen LogP contribution in [0.1, 0.15) is 41.8 Å². The number of anilines is 1. The Labute approximate surface area is 234 Å². The molecule has 0 aromatic heterocycles. The number of hydrogen-bond acceptors (Lipinski definition) is 5. The van der Waals surface area contributed by atoms with Gasteiger partial charge in [0.1, 0.15) is 18.4 Å². The molecule has 0 heterocycles. The molecule has 0 aliphatic carbocycles. The zero-order valence-electron chi connectivity index (χ0n) is 22.8. The van der Waals surface area contributed by atoms with Gasteiger partial charge in [-0.15, -0.1) is 0 Å². The van der Waals surface area contributed by atoms with Crippen LogP contribution in [0.5, 0.6) is 0 Å². The number of ketones is 1. The molecule has 3 rings (SSSR count). The van der Waals surface area contributed by atoms with Gasteiger partial charge in [0.25, 0.3) is 0 Å². The van der Waals surface area contributed by atoms with Crippen LogP contribution in [0.15, 0.2) is 78.9 Å². The highest BCUT2D eigenvalue weighted by Gasteiger charge is 2.33. The van der Waals surface area contributed by atoms with Crippen molar-refractivity contribution in [3.05, 3.63) is 101 Å². The third kappa shape index (κ3) is 8.22. The maximum atomic E-state index is 14.8. The number of hydrogen-bond donors (Lipinski definition) is 1. The summed E-state index contributed by atoms with van der Waals surface area (Å²) < 4.78 is 41.4. The molecule has 0 radical (unpaired) electrons. The van der Waals surface area contributed by atoms with Gasteiger partial charge in [-0.25, -0.2) is 12.8 Å². The summed E-state index contributed by atoms with van der Waals surface area (Å²) in [5, 5.41) is 2.83. The lowest BCUT2D eigenvalue weighted by atomic mass is 10.0. The minimum absolute atomic E-state index is 0.129. The summed E-state index contributed by atoms with van der Waals surface area (Å²) >= 11 is 0. The third-order valence-electron chi connectivity index (χ3n) is 6.34. The highest BCUT2D eigenvalue weighted by atomic mass is 32.2. The van der Waals surface area contributed by atoms with Gasteiger partial charge in [-0.2, -0.15) is 0 Å². The Balaban J connectivity index is 2.07. The average molecular weight is 568 g/mol. The van der Waals surface area contributed by atoms with Crippen molar-refractivity contribution in [3.8, 4) is 0 Å². The molecule has 8 nitrogen and oxygen atoms in total. The van der Waals surface area contributed by atoms with E-state index >= 15 is 0 Å². The Morgan fingerprint density at radius 2 is 1.62 bits per heavy atom. The second-order valence-corrected chi connectivity index (χ2v) is 11.4. The molecule has 212 valence electrons. The molecular weight excluding hydrogens is 533 g/mol. The van der Waals surface area contributed by atoms with Crippen molar-refractivity contribution < 1.29 is 27.2 Å². The number of carbonyl (C=O) groups is 3. The fraction of sp³-hybridized carbons (Fsp3) is 0.300. The molecule has 3 aromatic carbocycles. The summed E-state index contributed by atoms with van der Waals surface area (Å²) in [6.07, 6.45) is 1.76. The molecule has 0 spiro atoms. The van der Waals surface area contributed by atoms with E-state index in [-0.39, 0.29) is 35.6 Å². The molecule has 1 unspecified atom stereocenters. The van der Waals surface area contributed by atoms with E-state index < -0.39 is 40.2 Å². The smallest absolute Gasteiger partial charge is 0.244 e. The van der Waals surface area contributed by atoms with Crippen molar-refractivity contribution in [1.82, 2.24) is 10.2 Å². The van der Waals surface area contributed by atoms with Crippen LogP contribution in [0, 0.1) is 5.82 Å². The van der Waals surface area contributed by atoms with E-state index in [1.807, 2.05) is 37.3 Å². The zero-order valence-corrected chi connectivity index (χ0v) is 23.7. The van der Waals surface area contributed by atoms with Gasteiger partial charge in [0.2, 0.25) is 21.8 Å². The van der Waals surface area contributed by atoms with Gasteiger partial charge in [-0.05, 0) is 37.1 Å². The van der Waals surface area contributed by atoms with E-state index in [1.54, 1.807) is 12.1 Å². The van der Waals surface area contributed by atoms with E-state index in [9.17, 15) is 27.2 Å². The van der Waals surface area contributed by atoms with E-state index in [1.165, 1.54) is 48.2 Å². The molecule has 1 N–H and O–H groups in total. The molecule has 0 aliphatic rings. The van der Waals surface area contributed by atoms with Gasteiger partial charge in [-0.3, -0.25) is 18.7 Å². The first-order valence-corrected chi connectivity index (χ1v) is 14.8. The highest BCUT2D eigenvalue weighted by Crippen LogP contribution is 2.22. The summed E-state index contributed by atoms with van der Waals surface area (Å²) in [4.78, 5) is 40.6. The molecule has 10 heteroatoms. The predicted molar refractivity (Wildman–Crippen MR) is 153 cm³/mol. The van der Waals surface area contributed by atoms with E-state index in [0.717, 1.165) is 16.1 Å². The van der Waals surface area contributed by atoms with Crippen molar-refractivity contribution in [1.29, 1.82) is 0 Å². The number of benzene rings is 3. The molecule has 0 aliphatic heterocycles. The first-order chi connectivity index (χ1) is 19.0. The number of nitrogens with zero attached hydrogens (tertiary/aromatic N) is 2. The Hall–Kier alpha value is -4.05. The SMILES string of the molecule is CCCNC(=O)C(Cc1ccccc1)N(Cc1ccccc1F)C(=O)CN(c1cccc(C(C)=O)c1)S(C)(=O)=O. The molecule has 0 bridgehead atoms. The number of halogens is 1. The van der Waals surface area contributed by atoms with Crippen LogP contribution in [0.4, 0.5) is 10.1 Å². The normalized spacial score (nSPS) is 11.9. The number of rotatable bonds is 13. The first-order valence-electron chi connectivity index (χ1n) is 12.9. The lowest BCUT2D eigenvalue weighted by Gasteiger charge is -2.33. The van der Waals surface area contributed by atoms with Crippen molar-refractivity contribution >= 4 is 33.3 Å². The van der Waals surface area contributed by atoms with E-state index in [2.05, 4.69) is 5.32 Å². The summed E-state index contributed by atoms with van der Waals surface area (Å²) in [6.45, 7) is 2.72. The van der Waals surface area contributed by atoms with Gasteiger partial charge < -0.3 is 10.2 Å². The maximum Gasteiger partial charge on any atom is 0.244 e. The fourth-order valence-electron chi connectivity index (χ4n) is 4.22. The lowest BCUT2D eigenvalue weighted by molar-refractivity contribution is -0.140. The van der Waals surface area contributed by atoms with Crippen LogP contribution in [-0.4, -0.2) is 56.3 Å². The van der Waals surface area contributed by atoms with Crippen molar-refractivity contribution in [2.45, 2.75) is 39.3 Å². The largest absolute Gasteiger partial charge is 0.354 e. The molecular formula is C30H34FN3O5S. The second kappa shape index (κ2) is 13.8. The summed E-state index contributed by atoms with van der Waals surface area (Å²) in [6, 6.07) is 19.9. The summed E-state index contributed by atoms with van der Waals surface area (Å²) in [5.74, 6) is -1.95. The number of sulfonamides is 1. The maximum absolute atomic E-state index is 14.8. The third-order valence-corrected chi connectivity index (χ3v) is 7.48. The molecule has 0 saturated heterocycles. The van der Waals surface area contributed by atoms with Gasteiger partial charge in [0.15, 0.2) is 5.78 Å². The summed E-state index contributed by atoms with van der Waals surface area (Å²) in [7, 11) is -3.99. The number of carbonyl (C=O) groups excluding carboxylic acids is 3. The number of Topliss-reactive ketones (excluding diaryl/α,β-unsaturated/α-hetero) is 1. The molecule has 0 saturated carbocycles. The van der Waals surface area contributed by atoms with E-state index in [4.69, 9.17) is 0 Å². The van der Waals surface area contributed by atoms with Crippen LogP contribution in [0.25, 0.3) is 0 Å². The minimum atomic E-state index is -3.99. The standard InChI is InChI=1S/C30H34FN3O5S/c1-4-17-32-30(37)28(18-23-11-6-5-7-12-23)33(20-25-13-8-9-16-27(25)31)29(36)21-34(40(3,38)39)26-15-10-14-24(19-26)22(2)35/h5-16,19,28H,4,17-18,20-21H2,1-3H3,(H,32,37). The van der Waals surface area contributed by atoms with Crippen LogP contribution >= 0.6 is 0 Å². The predicted octanol–water partition coefficient (Wildman–Crippen LogP) is 3.96. The average Bonchev–Trinajstić information content (AvgIpc) is 2.93. The van der Waals surface area contributed by atoms with E-state index in [0.29, 0.717) is 13.0 Å². The fourth-order valence-corrected chi connectivity index (χ4v) is 5.07. The van der Waals surface area contributed by atoms with Crippen LogP contribution in [0.3, 0.4) is 0 Å². The van der Waals surface area contributed by atoms with Gasteiger partial charge in [-0.1, -0.05) is 67.6 Å². The summed E-state index contributed by atoms with van der Waals surface area (Å²) in [5.41, 5.74) is 1.37. The van der Waals surface area contributed by atoms with Crippen LogP contribution in [0.2, 0.25) is 0 Å². The van der Waals surface area contributed by atoms with Crippen LogP contribution < -0.4 is 9.62 Å². The van der Waals surface area contributed by atoms with Gasteiger partial charge in [0.05, 0.1) is 11.9 Å². The molecule has 1 atom stereocenters. The van der Waals surface area contributed by atoms with Gasteiger partial charge in [0, 0.05) is 30.6 Å². The topological polar surface area (TPSA) is 104 Å². The second-order valence-electron chi connectivity index (χ2n) is 9.49. The molecule has 0 fully saturated rings. The Morgan fingerprint density at radius 3 is 2.25 bits per heavy atom. The number of nitrogens with one attached hydrogen (secondary N) is 1. The molecule has 40 heavy (non-hydrogen) atoms. The first kappa shape index (κ1) is 30.5. The van der Waals surface area contributed by atoms with Gasteiger partial charge >= 0.3 is 0 Å². The van der Waals surface area contributed by atoms with Crippen molar-refractivity contribution in [2.75, 3.05) is 23.7 Å².